The van der Waals surface area contributed by atoms with Gasteiger partial charge in [0.1, 0.15) is 0 Å². The Morgan fingerprint density at radius 3 is 2.00 bits per heavy atom. The Morgan fingerprint density at radius 2 is 1.56 bits per heavy atom. The maximum Gasteiger partial charge on any atom is 0.270 e. The Labute approximate surface area is 117 Å². The third-order valence-electron chi connectivity index (χ3n) is 3.26. The zero-order chi connectivity index (χ0) is 13.7. The molecule has 18 heavy (non-hydrogen) atoms. The lowest BCUT2D eigenvalue weighted by molar-refractivity contribution is 0.686. The van der Waals surface area contributed by atoms with Crippen LogP contribution in [-0.2, 0) is 5.28 Å². The van der Waals surface area contributed by atoms with Crippen molar-refractivity contribution in [3.05, 3.63) is 29.1 Å². The van der Waals surface area contributed by atoms with Crippen LogP contribution in [0.3, 0.4) is 0 Å². The molecule has 0 aromatic carbocycles. The maximum atomic E-state index is 4.72. The molecule has 1 nitrogen and oxygen atoms in total. The van der Waals surface area contributed by atoms with Crippen molar-refractivity contribution in [1.29, 1.82) is 0 Å². The molecule has 0 fully saturated rings. The van der Waals surface area contributed by atoms with Gasteiger partial charge in [-0.2, -0.15) is 0 Å². The second-order valence-electron chi connectivity index (χ2n) is 6.61. The first-order valence-electron chi connectivity index (χ1n) is 7.31. The van der Waals surface area contributed by atoms with Crippen LogP contribution in [0.4, 0.5) is 0 Å². The highest BCUT2D eigenvalue weighted by Crippen LogP contribution is 2.18. The van der Waals surface area contributed by atoms with E-state index in [0.717, 1.165) is 11.8 Å². The molecule has 0 aliphatic heterocycles. The molecule has 0 unspecified atom stereocenters. The Bertz CT molecular complexity index is 341. The van der Waals surface area contributed by atoms with Crippen LogP contribution in [-0.4, -0.2) is 19.1 Å². The second kappa shape index (κ2) is 7.32. The first kappa shape index (κ1) is 15.7. The van der Waals surface area contributed by atoms with Crippen molar-refractivity contribution in [2.45, 2.75) is 57.4 Å². The van der Waals surface area contributed by atoms with Crippen molar-refractivity contribution < 1.29 is 0 Å². The van der Waals surface area contributed by atoms with Crippen molar-refractivity contribution in [1.82, 2.24) is 4.98 Å². The lowest BCUT2D eigenvalue weighted by Crippen LogP contribution is -2.22. The van der Waals surface area contributed by atoms with Gasteiger partial charge >= 0.3 is 0 Å². The Morgan fingerprint density at radius 1 is 1.00 bits per heavy atom. The van der Waals surface area contributed by atoms with E-state index in [1.807, 2.05) is 0 Å². The quantitative estimate of drug-likeness (QED) is 0.683. The highest BCUT2D eigenvalue weighted by atomic mass is 27.2. The molecule has 1 aromatic heterocycles. The molecule has 0 amide bonds. The number of hydrogen-bond acceptors (Lipinski definition) is 1. The summed E-state index contributed by atoms with van der Waals surface area (Å²) in [5.41, 5.74) is 3.87. The molecule has 0 aliphatic rings. The van der Waals surface area contributed by atoms with Crippen molar-refractivity contribution >= 4 is 14.1 Å². The standard InChI is InChI=1S/C8H10N.2C4H9.Al/c1-6-4-7(2)9-8(3)5-6;2*1-4(2)3;/h4-5H,2H2,1,3H3;2*4H,1H2,2-3H3;. The van der Waals surface area contributed by atoms with Gasteiger partial charge in [-0.1, -0.05) is 55.4 Å². The number of pyridine rings is 1. The normalized spacial score (nSPS) is 11.3. The Hall–Kier alpha value is -0.318. The highest BCUT2D eigenvalue weighted by Gasteiger charge is 2.21. The van der Waals surface area contributed by atoms with Crippen molar-refractivity contribution in [3.8, 4) is 0 Å². The molecule has 2 heteroatoms. The lowest BCUT2D eigenvalue weighted by Gasteiger charge is -2.16. The minimum Gasteiger partial charge on any atom is -0.259 e. The summed E-state index contributed by atoms with van der Waals surface area (Å²) in [6.07, 6.45) is 0. The van der Waals surface area contributed by atoms with E-state index in [1.165, 1.54) is 32.8 Å². The predicted molar refractivity (Wildman–Crippen MR) is 82.5 cm³/mol. The molecule has 1 rings (SSSR count). The first-order valence-corrected chi connectivity index (χ1v) is 9.76. The molecule has 1 aromatic rings. The molecule has 0 saturated heterocycles. The fraction of sp³-hybridized carbons (Fsp3) is 0.688. The molecule has 0 saturated carbocycles. The van der Waals surface area contributed by atoms with E-state index >= 15 is 0 Å². The van der Waals surface area contributed by atoms with Gasteiger partial charge in [-0.05, 0) is 31.5 Å². The second-order valence-corrected chi connectivity index (χ2v) is 9.69. The van der Waals surface area contributed by atoms with Crippen molar-refractivity contribution in [3.63, 3.8) is 0 Å². The molecule has 0 radical (unpaired) electrons. The van der Waals surface area contributed by atoms with Crippen LogP contribution in [0.2, 0.25) is 10.6 Å². The number of rotatable bonds is 6. The van der Waals surface area contributed by atoms with Crippen LogP contribution in [0.5, 0.6) is 0 Å². The Kier molecular flexibility index (Phi) is 6.40. The van der Waals surface area contributed by atoms with E-state index in [2.05, 4.69) is 53.7 Å². The van der Waals surface area contributed by atoms with Gasteiger partial charge in [0, 0.05) is 11.4 Å². The fourth-order valence-electron chi connectivity index (χ4n) is 2.92. The summed E-state index contributed by atoms with van der Waals surface area (Å²) < 4.78 is 0. The molecular formula is C16H28AlN. The van der Waals surface area contributed by atoms with Gasteiger partial charge in [0.25, 0.3) is 14.1 Å². The molecule has 0 N–H and O–H groups in total. The van der Waals surface area contributed by atoms with Crippen LogP contribution in [0, 0.1) is 25.7 Å². The van der Waals surface area contributed by atoms with Crippen LogP contribution in [0.15, 0.2) is 12.1 Å². The third-order valence-corrected chi connectivity index (χ3v) is 7.47. The average Bonchev–Trinajstić information content (AvgIpc) is 2.12. The molecular weight excluding hydrogens is 233 g/mol. The molecule has 0 atom stereocenters. The zero-order valence-electron chi connectivity index (χ0n) is 13.0. The SMILES string of the molecule is Cc1cc(C)nc([CH2][Al]([CH2]C(C)C)[CH2]C(C)C)c1. The van der Waals surface area contributed by atoms with Gasteiger partial charge in [-0.15, -0.1) is 0 Å². The molecule has 1 heterocycles. The number of hydrogen-bond donors (Lipinski definition) is 0. The molecule has 0 bridgehead atoms. The van der Waals surface area contributed by atoms with Crippen LogP contribution in [0.25, 0.3) is 0 Å². The third kappa shape index (κ3) is 6.03. The number of aromatic nitrogens is 1. The topological polar surface area (TPSA) is 12.9 Å². The van der Waals surface area contributed by atoms with E-state index in [4.69, 9.17) is 4.98 Å². The Balaban J connectivity index is 2.74. The van der Waals surface area contributed by atoms with E-state index < -0.39 is 14.1 Å². The summed E-state index contributed by atoms with van der Waals surface area (Å²) >= 11 is -0.680. The van der Waals surface area contributed by atoms with Crippen LogP contribution < -0.4 is 0 Å². The van der Waals surface area contributed by atoms with Gasteiger partial charge in [0.2, 0.25) is 0 Å². The van der Waals surface area contributed by atoms with E-state index in [1.54, 1.807) is 0 Å². The van der Waals surface area contributed by atoms with Crippen LogP contribution >= 0.6 is 0 Å². The summed E-state index contributed by atoms with van der Waals surface area (Å²) in [5, 5.41) is 4.18. The van der Waals surface area contributed by atoms with Gasteiger partial charge in [0.05, 0.1) is 0 Å². The summed E-state index contributed by atoms with van der Waals surface area (Å²) in [5.74, 6) is 1.68. The highest BCUT2D eigenvalue weighted by molar-refractivity contribution is 6.58. The average molecular weight is 261 g/mol. The predicted octanol–water partition coefficient (Wildman–Crippen LogP) is 4.59. The maximum absolute atomic E-state index is 4.72. The van der Waals surface area contributed by atoms with E-state index in [9.17, 15) is 0 Å². The minimum absolute atomic E-state index is 0.680. The summed E-state index contributed by atoms with van der Waals surface area (Å²) in [4.78, 5) is 4.72. The lowest BCUT2D eigenvalue weighted by atomic mass is 10.2. The minimum atomic E-state index is -0.680. The number of nitrogens with zero attached hydrogens (tertiary/aromatic N) is 1. The summed E-state index contributed by atoms with van der Waals surface area (Å²) in [6.45, 7) is 13.7. The van der Waals surface area contributed by atoms with Gasteiger partial charge in [0.15, 0.2) is 0 Å². The van der Waals surface area contributed by atoms with E-state index in [-0.39, 0.29) is 0 Å². The molecule has 0 spiro atoms. The summed E-state index contributed by atoms with van der Waals surface area (Å²) in [7, 11) is 0. The smallest absolute Gasteiger partial charge is 0.259 e. The van der Waals surface area contributed by atoms with E-state index in [0.29, 0.717) is 0 Å². The van der Waals surface area contributed by atoms with Crippen molar-refractivity contribution in [2.75, 3.05) is 0 Å². The zero-order valence-corrected chi connectivity index (χ0v) is 14.1. The largest absolute Gasteiger partial charge is 0.270 e. The molecule has 100 valence electrons. The fourth-order valence-corrected chi connectivity index (χ4v) is 6.91. The first-order chi connectivity index (χ1) is 8.36. The van der Waals surface area contributed by atoms with Gasteiger partial charge in [-0.3, -0.25) is 4.98 Å². The monoisotopic (exact) mass is 261 g/mol. The number of aryl methyl sites for hydroxylation is 2. The van der Waals surface area contributed by atoms with Crippen molar-refractivity contribution in [2.24, 2.45) is 11.8 Å². The summed E-state index contributed by atoms with van der Waals surface area (Å²) in [6, 6.07) is 4.46. The van der Waals surface area contributed by atoms with Gasteiger partial charge < -0.3 is 0 Å². The molecule has 0 aliphatic carbocycles. The van der Waals surface area contributed by atoms with Gasteiger partial charge in [-0.25, -0.2) is 0 Å². The van der Waals surface area contributed by atoms with Crippen LogP contribution in [0.1, 0.15) is 44.6 Å².